The minimum Gasteiger partial charge on any atom is -0.396 e. The molecule has 3 rings (SSSR count). The number of fused-ring (bicyclic) bond motifs is 2. The van der Waals surface area contributed by atoms with Crippen molar-refractivity contribution < 1.29 is 9.84 Å². The van der Waals surface area contributed by atoms with Gasteiger partial charge >= 0.3 is 0 Å². The molecule has 0 aromatic carbocycles. The fourth-order valence-electron chi connectivity index (χ4n) is 2.60. The molecule has 2 heterocycles. The molecule has 1 N–H and O–H groups in total. The molecule has 13 heavy (non-hydrogen) atoms. The Labute approximate surface area is 78.7 Å². The summed E-state index contributed by atoms with van der Waals surface area (Å²) in [6.45, 7) is 3.32. The van der Waals surface area contributed by atoms with Gasteiger partial charge in [0.1, 0.15) is 0 Å². The van der Waals surface area contributed by atoms with Crippen LogP contribution in [-0.2, 0) is 4.74 Å². The van der Waals surface area contributed by atoms with Crippen molar-refractivity contribution in [3.63, 3.8) is 0 Å². The van der Waals surface area contributed by atoms with Gasteiger partial charge in [0.15, 0.2) is 0 Å². The van der Waals surface area contributed by atoms with Gasteiger partial charge in [-0.3, -0.25) is 4.90 Å². The lowest BCUT2D eigenvalue weighted by atomic mass is 9.89. The van der Waals surface area contributed by atoms with Gasteiger partial charge in [0.2, 0.25) is 0 Å². The normalized spacial score (nSPS) is 41.3. The molecule has 2 saturated heterocycles. The minimum absolute atomic E-state index is 0.286. The second kappa shape index (κ2) is 2.69. The number of aliphatic hydroxyl groups excluding tert-OH is 1. The molecule has 0 aromatic rings. The van der Waals surface area contributed by atoms with Gasteiger partial charge in [-0.2, -0.15) is 0 Å². The predicted octanol–water partition coefficient (Wildman–Crippen LogP) is 0.232. The van der Waals surface area contributed by atoms with E-state index >= 15 is 0 Å². The van der Waals surface area contributed by atoms with Gasteiger partial charge in [-0.25, -0.2) is 0 Å². The summed E-state index contributed by atoms with van der Waals surface area (Å²) < 4.78 is 5.43. The lowest BCUT2D eigenvalue weighted by Gasteiger charge is -2.53. The average Bonchev–Trinajstić information content (AvgIpc) is 2.96. The minimum atomic E-state index is 0.286. The number of nitrogens with zero attached hydrogens (tertiary/aromatic N) is 1. The third-order valence-electron chi connectivity index (χ3n) is 3.91. The Kier molecular flexibility index (Phi) is 1.70. The smallest absolute Gasteiger partial charge is 0.0623 e. The lowest BCUT2D eigenvalue weighted by molar-refractivity contribution is -0.136. The van der Waals surface area contributed by atoms with Crippen LogP contribution >= 0.6 is 0 Å². The highest BCUT2D eigenvalue weighted by Crippen LogP contribution is 2.48. The Morgan fingerprint density at radius 2 is 2.00 bits per heavy atom. The highest BCUT2D eigenvalue weighted by atomic mass is 16.5. The first-order valence-corrected chi connectivity index (χ1v) is 5.27. The predicted molar refractivity (Wildman–Crippen MR) is 48.5 cm³/mol. The van der Waals surface area contributed by atoms with Gasteiger partial charge in [-0.1, -0.05) is 0 Å². The maximum absolute atomic E-state index is 9.23. The second-order valence-corrected chi connectivity index (χ2v) is 4.91. The van der Waals surface area contributed by atoms with Crippen LogP contribution in [0.15, 0.2) is 0 Å². The fourth-order valence-corrected chi connectivity index (χ4v) is 2.60. The summed E-state index contributed by atoms with van der Waals surface area (Å²) in [6, 6.07) is 1.34. The van der Waals surface area contributed by atoms with Gasteiger partial charge in [0.05, 0.1) is 13.2 Å². The van der Waals surface area contributed by atoms with Gasteiger partial charge in [-0.15, -0.1) is 0 Å². The molecule has 2 atom stereocenters. The Balaban J connectivity index is 1.61. The number of aliphatic hydroxyl groups is 1. The Bertz CT molecular complexity index is 201. The first-order valence-electron chi connectivity index (χ1n) is 5.27. The zero-order valence-corrected chi connectivity index (χ0v) is 7.91. The molecule has 2 aliphatic heterocycles. The van der Waals surface area contributed by atoms with E-state index in [1.54, 1.807) is 0 Å². The summed E-state index contributed by atoms with van der Waals surface area (Å²) >= 11 is 0. The van der Waals surface area contributed by atoms with Gasteiger partial charge in [0, 0.05) is 30.7 Å². The van der Waals surface area contributed by atoms with Gasteiger partial charge in [0.25, 0.3) is 0 Å². The van der Waals surface area contributed by atoms with E-state index in [1.807, 2.05) is 0 Å². The van der Waals surface area contributed by atoms with Crippen molar-refractivity contribution in [1.29, 1.82) is 0 Å². The highest BCUT2D eigenvalue weighted by molar-refractivity contribution is 5.03. The summed E-state index contributed by atoms with van der Waals surface area (Å²) in [4.78, 5) is 2.55. The van der Waals surface area contributed by atoms with Crippen molar-refractivity contribution >= 4 is 0 Å². The van der Waals surface area contributed by atoms with Crippen LogP contribution in [0.3, 0.4) is 0 Å². The van der Waals surface area contributed by atoms with E-state index in [0.717, 1.165) is 19.8 Å². The van der Waals surface area contributed by atoms with Crippen LogP contribution in [-0.4, -0.2) is 48.5 Å². The summed E-state index contributed by atoms with van der Waals surface area (Å²) in [5.41, 5.74) is 0.286. The third-order valence-corrected chi connectivity index (χ3v) is 3.91. The summed E-state index contributed by atoms with van der Waals surface area (Å²) in [5.74, 6) is 0. The van der Waals surface area contributed by atoms with Crippen LogP contribution in [0.4, 0.5) is 0 Å². The van der Waals surface area contributed by atoms with E-state index in [9.17, 15) is 5.11 Å². The second-order valence-electron chi connectivity index (χ2n) is 4.91. The van der Waals surface area contributed by atoms with Crippen LogP contribution in [0, 0.1) is 5.41 Å². The van der Waals surface area contributed by atoms with E-state index in [-0.39, 0.29) is 5.41 Å². The van der Waals surface area contributed by atoms with Crippen LogP contribution in [0.1, 0.15) is 19.3 Å². The zero-order valence-electron chi connectivity index (χ0n) is 7.91. The molecule has 3 nitrogen and oxygen atoms in total. The van der Waals surface area contributed by atoms with Gasteiger partial charge in [-0.05, 0) is 19.3 Å². The molecule has 1 saturated carbocycles. The standard InChI is InChI=1S/C10H17NO2/c12-7-10(1-2-10)6-11-8-3-9(11)5-13-4-8/h8-9,12H,1-7H2. The largest absolute Gasteiger partial charge is 0.396 e. The van der Waals surface area contributed by atoms with Crippen molar-refractivity contribution in [2.45, 2.75) is 31.3 Å². The molecule has 3 aliphatic rings. The molecular formula is C10H17NO2. The number of hydrogen-bond donors (Lipinski definition) is 1. The third kappa shape index (κ3) is 1.22. The Hall–Kier alpha value is -0.120. The average molecular weight is 183 g/mol. The van der Waals surface area contributed by atoms with Crippen molar-refractivity contribution in [3.8, 4) is 0 Å². The van der Waals surface area contributed by atoms with Crippen LogP contribution < -0.4 is 0 Å². The van der Waals surface area contributed by atoms with E-state index in [1.165, 1.54) is 19.3 Å². The maximum Gasteiger partial charge on any atom is 0.0623 e. The van der Waals surface area contributed by atoms with Crippen LogP contribution in [0.5, 0.6) is 0 Å². The molecule has 0 radical (unpaired) electrons. The topological polar surface area (TPSA) is 32.7 Å². The van der Waals surface area contributed by atoms with Crippen molar-refractivity contribution in [1.82, 2.24) is 4.90 Å². The SMILES string of the molecule is OCC1(CN2C3COCC2C3)CC1. The Morgan fingerprint density at radius 3 is 2.46 bits per heavy atom. The molecular weight excluding hydrogens is 166 g/mol. The summed E-state index contributed by atoms with van der Waals surface area (Å²) in [6.07, 6.45) is 3.77. The van der Waals surface area contributed by atoms with Crippen molar-refractivity contribution in [2.75, 3.05) is 26.4 Å². The molecule has 2 bridgehead atoms. The molecule has 74 valence electrons. The number of morpholine rings is 1. The number of hydrogen-bond acceptors (Lipinski definition) is 3. The summed E-state index contributed by atoms with van der Waals surface area (Å²) in [7, 11) is 0. The first kappa shape index (κ1) is 8.21. The van der Waals surface area contributed by atoms with Crippen LogP contribution in [0.25, 0.3) is 0 Å². The summed E-state index contributed by atoms with van der Waals surface area (Å²) in [5, 5.41) is 9.23. The maximum atomic E-state index is 9.23. The van der Waals surface area contributed by atoms with Crippen molar-refractivity contribution in [3.05, 3.63) is 0 Å². The molecule has 0 amide bonds. The molecule has 3 fully saturated rings. The Morgan fingerprint density at radius 1 is 1.31 bits per heavy atom. The zero-order chi connectivity index (χ0) is 8.89. The molecule has 1 aliphatic carbocycles. The lowest BCUT2D eigenvalue weighted by Crippen LogP contribution is -2.64. The molecule has 0 aromatic heterocycles. The van der Waals surface area contributed by atoms with Crippen LogP contribution in [0.2, 0.25) is 0 Å². The van der Waals surface area contributed by atoms with E-state index in [4.69, 9.17) is 4.74 Å². The number of ether oxygens (including phenoxy) is 1. The van der Waals surface area contributed by atoms with Crippen molar-refractivity contribution in [2.24, 2.45) is 5.41 Å². The fraction of sp³-hybridized carbons (Fsp3) is 1.00. The molecule has 0 spiro atoms. The van der Waals surface area contributed by atoms with Gasteiger partial charge < -0.3 is 9.84 Å². The number of rotatable bonds is 3. The monoisotopic (exact) mass is 183 g/mol. The van der Waals surface area contributed by atoms with E-state index in [2.05, 4.69) is 4.90 Å². The highest BCUT2D eigenvalue weighted by Gasteiger charge is 2.50. The quantitative estimate of drug-likeness (QED) is 0.680. The molecule has 3 heteroatoms. The van der Waals surface area contributed by atoms with E-state index in [0.29, 0.717) is 18.7 Å². The van der Waals surface area contributed by atoms with E-state index < -0.39 is 0 Å². The first-order chi connectivity index (χ1) is 6.33. The molecule has 2 unspecified atom stereocenters.